The Hall–Kier alpha value is -6.22. The van der Waals surface area contributed by atoms with E-state index in [-0.39, 0.29) is 79.2 Å². The topological polar surface area (TPSA) is 300 Å². The number of aromatic carboxylic acids is 1. The first kappa shape index (κ1) is 95.0. The first-order valence-electron chi connectivity index (χ1n) is 41.8. The number of carbonyl (C=O) groups excluding carboxylic acids is 3. The van der Waals surface area contributed by atoms with Gasteiger partial charge < -0.3 is 75.8 Å². The molecule has 0 unspecified atom stereocenters. The van der Waals surface area contributed by atoms with E-state index >= 15 is 0 Å². The van der Waals surface area contributed by atoms with E-state index in [4.69, 9.17) is 39.3 Å². The molecular weight excluding hydrogens is 1710 g/mol. The average Bonchev–Trinajstić information content (AvgIpc) is 1.66. The lowest BCUT2D eigenvalue weighted by Gasteiger charge is -2.62. The summed E-state index contributed by atoms with van der Waals surface area (Å²) in [6.07, 6.45) is 2.74. The van der Waals surface area contributed by atoms with Crippen LogP contribution in [-0.2, 0) is 54.5 Å². The summed E-state index contributed by atoms with van der Waals surface area (Å²) in [7, 11) is 10.7. The molecule has 3 amide bonds. The van der Waals surface area contributed by atoms with E-state index in [1.165, 1.54) is 18.4 Å². The van der Waals surface area contributed by atoms with Crippen molar-refractivity contribution in [2.24, 2.45) is 63.9 Å². The van der Waals surface area contributed by atoms with Crippen molar-refractivity contribution in [1.29, 1.82) is 0 Å². The number of nitrogens with zero attached hydrogens (tertiary/aromatic N) is 4. The minimum Gasteiger partial charge on any atom is -0.497 e. The summed E-state index contributed by atoms with van der Waals surface area (Å²) in [6.45, 7) is 26.5. The summed E-state index contributed by atoms with van der Waals surface area (Å²) in [6, 6.07) is 41.2. The average molecular weight is 1840 g/mol. The van der Waals surface area contributed by atoms with Crippen LogP contribution >= 0.6 is 47.8 Å². The maximum Gasteiger partial charge on any atom is 0.498 e. The number of carboxylic acids is 1. The maximum atomic E-state index is 14.2. The molecule has 27 heteroatoms. The number of hydrogen-bond donors (Lipinski definition) is 9. The van der Waals surface area contributed by atoms with Gasteiger partial charge in [-0.05, 0) is 208 Å². The highest BCUT2D eigenvalue weighted by Gasteiger charge is 2.60. The number of nitrogens with one attached hydrogen (secondary N) is 3. The second-order valence-electron chi connectivity index (χ2n) is 36.6. The van der Waals surface area contributed by atoms with Crippen LogP contribution in [0.1, 0.15) is 152 Å². The number of benzene rings is 6. The second-order valence-corrected chi connectivity index (χ2v) is 39.4. The molecule has 6 aromatic carbocycles. The van der Waals surface area contributed by atoms with Crippen LogP contribution in [0.2, 0.25) is 0 Å². The zero-order valence-corrected chi connectivity index (χ0v) is 77.2. The fourth-order valence-electron chi connectivity index (χ4n) is 19.4. The summed E-state index contributed by atoms with van der Waals surface area (Å²) >= 11 is 10.0. The smallest absolute Gasteiger partial charge is 0.497 e. The number of halogens is 3. The van der Waals surface area contributed by atoms with Crippen molar-refractivity contribution in [1.82, 2.24) is 35.9 Å². The normalized spacial score (nSPS) is 27.1. The van der Waals surface area contributed by atoms with Crippen molar-refractivity contribution < 1.29 is 73.2 Å². The molecule has 3 aliphatic heterocycles. The van der Waals surface area contributed by atoms with Gasteiger partial charge >= 0.3 is 13.1 Å². The van der Waals surface area contributed by atoms with E-state index in [0.29, 0.717) is 71.0 Å². The Bertz CT molecular complexity index is 4380. The number of rotatable bonds is 27. The summed E-state index contributed by atoms with van der Waals surface area (Å²) in [4.78, 5) is 69.1. The van der Waals surface area contributed by atoms with E-state index in [1.54, 1.807) is 56.4 Å². The van der Waals surface area contributed by atoms with Gasteiger partial charge in [0, 0.05) is 90.2 Å². The number of amides is 3. The van der Waals surface area contributed by atoms with Gasteiger partial charge in [-0.2, -0.15) is 10.1 Å². The van der Waals surface area contributed by atoms with Crippen LogP contribution in [0.15, 0.2) is 147 Å². The molecular formula is C92H128BBr3N8O15. The summed E-state index contributed by atoms with van der Waals surface area (Å²) in [5.74, 6) is 1.46. The van der Waals surface area contributed by atoms with Crippen LogP contribution in [-0.4, -0.2) is 217 Å². The Morgan fingerprint density at radius 1 is 0.580 bits per heavy atom. The molecule has 650 valence electrons. The van der Waals surface area contributed by atoms with Crippen LogP contribution in [0.25, 0.3) is 11.1 Å². The summed E-state index contributed by atoms with van der Waals surface area (Å²) in [5.41, 5.74) is 12.6. The lowest BCUT2D eigenvalue weighted by molar-refractivity contribution is -0.183. The van der Waals surface area contributed by atoms with E-state index in [0.717, 1.165) is 72.5 Å². The monoisotopic (exact) mass is 1830 g/mol. The first-order chi connectivity index (χ1) is 56.1. The van der Waals surface area contributed by atoms with E-state index < -0.39 is 72.6 Å². The SMILES string of the molecule is CN(C)C[C@@H](N)Cc1ccccc1.COc1c(CN2O[C@@H](CO)[C@@H]([C@H](C)O)[C@H]2C(=O)N[C@H]2C[C@H]3C[C@@H]([C@@H]2C)C3(C)C)cccc1-c1cc(Br)cc(C(=O)N[C@@H](Cc2ccccc2)CN(C)C)c1.COc1c(CN2O[C@@H](CO)[C@@H]([C@H](C)O)[C@H]2C(=O)N[C@H]2C[C@H]3C[C@@H]([C@@H]2C)C3(C)C)cccc1B1OC(C)(C)C(C)(C)O1.O=C(O)c1cc(Br)cc(Br)c1. The zero-order valence-electron chi connectivity index (χ0n) is 72.5. The van der Waals surface area contributed by atoms with E-state index in [9.17, 15) is 39.6 Å². The molecule has 9 fully saturated rings. The largest absolute Gasteiger partial charge is 0.498 e. The molecule has 6 saturated carbocycles. The van der Waals surface area contributed by atoms with Gasteiger partial charge in [0.05, 0.1) is 69.5 Å². The highest BCUT2D eigenvalue weighted by Crippen LogP contribution is 2.62. The van der Waals surface area contributed by atoms with Crippen LogP contribution in [0.5, 0.6) is 11.5 Å². The third-order valence-corrected chi connectivity index (χ3v) is 28.1. The Labute approximate surface area is 730 Å². The molecule has 0 radical (unpaired) electrons. The van der Waals surface area contributed by atoms with Crippen molar-refractivity contribution in [3.05, 3.63) is 180 Å². The number of aliphatic hydroxyl groups excluding tert-OH is 4. The summed E-state index contributed by atoms with van der Waals surface area (Å²) < 4.78 is 26.8. The Morgan fingerprint density at radius 2 is 1.02 bits per heavy atom. The predicted molar refractivity (Wildman–Crippen MR) is 475 cm³/mol. The maximum absolute atomic E-state index is 14.2. The molecule has 6 aromatic rings. The highest BCUT2D eigenvalue weighted by atomic mass is 79.9. The number of ether oxygens (including phenoxy) is 2. The number of para-hydroxylation sites is 2. The Balaban J connectivity index is 0.000000199. The number of hydroxylamine groups is 4. The molecule has 23 nitrogen and oxygen atoms in total. The van der Waals surface area contributed by atoms with Gasteiger partial charge in [-0.25, -0.2) is 4.79 Å². The molecule has 15 rings (SSSR count). The number of carboxylic acid groups (broad SMARTS) is 1. The van der Waals surface area contributed by atoms with Crippen molar-refractivity contribution in [3.63, 3.8) is 0 Å². The molecule has 0 aromatic heterocycles. The molecule has 3 heterocycles. The first-order valence-corrected chi connectivity index (χ1v) is 44.2. The molecule has 3 saturated heterocycles. The molecule has 4 bridgehead atoms. The molecule has 9 aliphatic rings. The standard InChI is InChI=1S/C43H57BrN4O6.C31H49BN2O7.C11H18N2.C7H4Br2O2/c1-25-35-20-31(43(35,3)4)21-36(25)46-42(52)39-38(26(2)50)37(24-49)54-48(39)22-28-14-11-15-34(40(28)53-7)29-17-30(19-32(44)18-29)41(51)45-33(23-47(5)6)16-27-12-9-8-10-13-27;1-17-21-13-20(29(21,3)4)14-23(17)33-28(37)26-25(18(2)36)24(16-35)39-34(26)15-19-11-10-12-22(27(19)38-9)32-40-30(5,6)31(7,8)41-32;1-13(2)9-11(12)8-10-6-4-3-5-7-10;8-5-1-4(7(10)11)2-6(9)3-5/h8-15,17-19,25-26,31,33,35-39,49-50H,16,20-24H2,1-7H3,(H,45,51)(H,46,52);10-12,17-18,20-21,23-26,35-36H,13-16H2,1-9H3,(H,33,37);3-7,11H,8-9,12H2,1-2H3;1-3H,(H,10,11)/t25-,26-,31+,33-,35-,36-,37-,38+,39-;17-,18-,20+,21-,23-,24-,25+,26-;11-;/m000./s1. The van der Waals surface area contributed by atoms with Gasteiger partial charge in [-0.1, -0.05) is 186 Å². The van der Waals surface area contributed by atoms with E-state index in [2.05, 4.69) is 151 Å². The van der Waals surface area contributed by atoms with Crippen LogP contribution in [0.3, 0.4) is 0 Å². The lowest BCUT2D eigenvalue weighted by Crippen LogP contribution is -2.62. The van der Waals surface area contributed by atoms with Crippen molar-refractivity contribution in [2.45, 2.75) is 207 Å². The highest BCUT2D eigenvalue weighted by molar-refractivity contribution is 9.11. The van der Waals surface area contributed by atoms with Gasteiger partial charge in [-0.15, -0.1) is 0 Å². The molecule has 6 aliphatic carbocycles. The third kappa shape index (κ3) is 22.5. The zero-order chi connectivity index (χ0) is 87.1. The van der Waals surface area contributed by atoms with Crippen molar-refractivity contribution in [3.8, 4) is 22.6 Å². The number of carbonyl (C=O) groups is 4. The van der Waals surface area contributed by atoms with Gasteiger partial charge in [0.25, 0.3) is 5.91 Å². The predicted octanol–water partition coefficient (Wildman–Crippen LogP) is 12.4. The van der Waals surface area contributed by atoms with Gasteiger partial charge in [0.1, 0.15) is 35.8 Å². The molecule has 18 atom stereocenters. The van der Waals surface area contributed by atoms with Crippen LogP contribution in [0, 0.1) is 58.2 Å². The number of likely N-dealkylation sites (N-methyl/N-ethyl adjacent to an activating group) is 2. The molecule has 119 heavy (non-hydrogen) atoms. The minimum absolute atomic E-state index is 0.0382. The quantitative estimate of drug-likeness (QED) is 0.0217. The summed E-state index contributed by atoms with van der Waals surface area (Å²) in [5, 5.41) is 63.9. The van der Waals surface area contributed by atoms with Gasteiger partial charge in [0.2, 0.25) is 11.8 Å². The fraction of sp³-hybridized carbons (Fsp3) is 0.565. The van der Waals surface area contributed by atoms with Gasteiger partial charge in [0.15, 0.2) is 0 Å². The Kier molecular flexibility index (Phi) is 32.4. The van der Waals surface area contributed by atoms with Crippen LogP contribution < -0.4 is 36.6 Å². The van der Waals surface area contributed by atoms with Crippen molar-refractivity contribution in [2.75, 3.05) is 68.7 Å². The number of nitrogens with two attached hydrogens (primary N) is 1. The Morgan fingerprint density at radius 3 is 1.44 bits per heavy atom. The van der Waals surface area contributed by atoms with Crippen molar-refractivity contribution >= 4 is 84.1 Å². The lowest BCUT2D eigenvalue weighted by atomic mass is 9.45. The molecule has 10 N–H and O–H groups in total. The minimum atomic E-state index is -0.924. The van der Waals surface area contributed by atoms with E-state index in [1.807, 2.05) is 135 Å². The van der Waals surface area contributed by atoms with Gasteiger partial charge in [-0.3, -0.25) is 24.1 Å². The number of methoxy groups -OCH3 is 2. The number of fused-ring (bicyclic) bond motifs is 4. The number of hydrogen-bond acceptors (Lipinski definition) is 19. The molecule has 0 spiro atoms. The second kappa shape index (κ2) is 40.6. The number of aliphatic hydroxyl groups is 4. The fourth-order valence-corrected chi connectivity index (χ4v) is 21.2. The van der Waals surface area contributed by atoms with Crippen LogP contribution in [0.4, 0.5) is 0 Å². The third-order valence-electron chi connectivity index (χ3n) is 26.7.